The van der Waals surface area contributed by atoms with E-state index in [9.17, 15) is 4.79 Å². The van der Waals surface area contributed by atoms with Crippen LogP contribution in [-0.2, 0) is 0 Å². The van der Waals surface area contributed by atoms with Crippen molar-refractivity contribution < 1.29 is 4.79 Å². The summed E-state index contributed by atoms with van der Waals surface area (Å²) >= 11 is 0. The average Bonchev–Trinajstić information content (AvgIpc) is 2.08. The second-order valence-corrected chi connectivity index (χ2v) is 3.61. The Kier molecular flexibility index (Phi) is 3.07. The molecule has 0 aliphatic carbocycles. The highest BCUT2D eigenvalue weighted by Gasteiger charge is 2.07. The summed E-state index contributed by atoms with van der Waals surface area (Å²) in [4.78, 5) is 11.7. The second kappa shape index (κ2) is 4.09. The largest absolute Gasteiger partial charge is 0.398 e. The van der Waals surface area contributed by atoms with Crippen molar-refractivity contribution in [2.45, 2.75) is 20.8 Å². The number of rotatable bonds is 2. The number of carbonyl (C=O) groups excluding carboxylic acids is 1. The van der Waals surface area contributed by atoms with Gasteiger partial charge in [0.05, 0.1) is 0 Å². The second-order valence-electron chi connectivity index (χ2n) is 3.61. The van der Waals surface area contributed by atoms with Crippen molar-refractivity contribution in [1.29, 1.82) is 0 Å². The van der Waals surface area contributed by atoms with Crippen molar-refractivity contribution in [2.75, 3.05) is 5.73 Å². The van der Waals surface area contributed by atoms with Crippen LogP contribution >= 0.6 is 0 Å². The minimum Gasteiger partial charge on any atom is -0.398 e. The Labute approximate surface area is 84.4 Å². The van der Waals surface area contributed by atoms with Crippen LogP contribution in [-0.4, -0.2) is 5.78 Å². The third-order valence-corrected chi connectivity index (χ3v) is 2.06. The van der Waals surface area contributed by atoms with Gasteiger partial charge in [0.15, 0.2) is 5.78 Å². The van der Waals surface area contributed by atoms with Crippen LogP contribution in [0.3, 0.4) is 0 Å². The number of nitrogen functional groups attached to an aromatic ring is 1. The summed E-state index contributed by atoms with van der Waals surface area (Å²) in [5.41, 5.74) is 8.92. The van der Waals surface area contributed by atoms with Gasteiger partial charge in [-0.15, -0.1) is 0 Å². The lowest BCUT2D eigenvalue weighted by Crippen LogP contribution is -2.01. The topological polar surface area (TPSA) is 43.1 Å². The first-order valence-corrected chi connectivity index (χ1v) is 4.56. The SMILES string of the molecule is CC(C)=CC(=O)c1cccc(N)c1C. The van der Waals surface area contributed by atoms with Gasteiger partial charge in [-0.05, 0) is 38.5 Å². The van der Waals surface area contributed by atoms with E-state index in [0.29, 0.717) is 11.3 Å². The molecule has 0 radical (unpaired) electrons. The Hall–Kier alpha value is -1.57. The van der Waals surface area contributed by atoms with E-state index in [0.717, 1.165) is 11.1 Å². The van der Waals surface area contributed by atoms with Crippen molar-refractivity contribution in [2.24, 2.45) is 0 Å². The monoisotopic (exact) mass is 189 g/mol. The van der Waals surface area contributed by atoms with Gasteiger partial charge in [-0.2, -0.15) is 0 Å². The van der Waals surface area contributed by atoms with Gasteiger partial charge in [-0.3, -0.25) is 4.79 Å². The van der Waals surface area contributed by atoms with Crippen LogP contribution < -0.4 is 5.73 Å². The number of nitrogens with two attached hydrogens (primary N) is 1. The minimum atomic E-state index is 0.0230. The third kappa shape index (κ3) is 2.22. The maximum Gasteiger partial charge on any atom is 0.186 e. The van der Waals surface area contributed by atoms with E-state index >= 15 is 0 Å². The molecule has 2 nitrogen and oxygen atoms in total. The standard InChI is InChI=1S/C12H15NO/c1-8(2)7-12(14)10-5-4-6-11(13)9(10)3/h4-7H,13H2,1-3H3. The predicted octanol–water partition coefficient (Wildman–Crippen LogP) is 2.73. The molecular weight excluding hydrogens is 174 g/mol. The van der Waals surface area contributed by atoms with Gasteiger partial charge >= 0.3 is 0 Å². The molecule has 2 heteroatoms. The lowest BCUT2D eigenvalue weighted by atomic mass is 10.0. The van der Waals surface area contributed by atoms with Crippen molar-refractivity contribution in [3.05, 3.63) is 41.0 Å². The fourth-order valence-corrected chi connectivity index (χ4v) is 1.26. The number of allylic oxidation sites excluding steroid dienone is 2. The van der Waals surface area contributed by atoms with Crippen LogP contribution in [0.5, 0.6) is 0 Å². The van der Waals surface area contributed by atoms with E-state index in [2.05, 4.69) is 0 Å². The smallest absolute Gasteiger partial charge is 0.186 e. The molecule has 0 heterocycles. The maximum atomic E-state index is 11.7. The first-order valence-electron chi connectivity index (χ1n) is 4.56. The fraction of sp³-hybridized carbons (Fsp3) is 0.250. The quantitative estimate of drug-likeness (QED) is 0.441. The number of hydrogen-bond donors (Lipinski definition) is 1. The Morgan fingerprint density at radius 2 is 2.00 bits per heavy atom. The first-order chi connectivity index (χ1) is 6.52. The molecule has 2 N–H and O–H groups in total. The third-order valence-electron chi connectivity index (χ3n) is 2.06. The van der Waals surface area contributed by atoms with E-state index in [1.54, 1.807) is 24.3 Å². The molecule has 1 aromatic carbocycles. The zero-order valence-corrected chi connectivity index (χ0v) is 8.79. The average molecular weight is 189 g/mol. The molecule has 0 saturated heterocycles. The molecule has 0 amide bonds. The van der Waals surface area contributed by atoms with Crippen LogP contribution in [0.15, 0.2) is 29.8 Å². The van der Waals surface area contributed by atoms with E-state index in [4.69, 9.17) is 5.73 Å². The Morgan fingerprint density at radius 1 is 1.36 bits per heavy atom. The zero-order chi connectivity index (χ0) is 10.7. The summed E-state index contributed by atoms with van der Waals surface area (Å²) in [6, 6.07) is 5.40. The summed E-state index contributed by atoms with van der Waals surface area (Å²) in [7, 11) is 0. The Morgan fingerprint density at radius 3 is 2.57 bits per heavy atom. The normalized spacial score (nSPS) is 9.64. The molecule has 0 aliphatic heterocycles. The number of benzene rings is 1. The van der Waals surface area contributed by atoms with Gasteiger partial charge < -0.3 is 5.73 Å². The summed E-state index contributed by atoms with van der Waals surface area (Å²) in [6.07, 6.45) is 1.63. The van der Waals surface area contributed by atoms with Gasteiger partial charge in [0.25, 0.3) is 0 Å². The molecule has 0 aliphatic rings. The lowest BCUT2D eigenvalue weighted by Gasteiger charge is -2.04. The first kappa shape index (κ1) is 10.5. The molecule has 0 spiro atoms. The molecular formula is C12H15NO. The van der Waals surface area contributed by atoms with E-state index in [1.807, 2.05) is 20.8 Å². The lowest BCUT2D eigenvalue weighted by molar-refractivity contribution is 0.104. The summed E-state index contributed by atoms with van der Waals surface area (Å²) in [5, 5.41) is 0. The number of anilines is 1. The molecule has 1 rings (SSSR count). The van der Waals surface area contributed by atoms with Gasteiger partial charge in [0, 0.05) is 11.3 Å². The molecule has 0 saturated carbocycles. The summed E-state index contributed by atoms with van der Waals surface area (Å²) in [5.74, 6) is 0.0230. The van der Waals surface area contributed by atoms with Crippen molar-refractivity contribution in [3.8, 4) is 0 Å². The van der Waals surface area contributed by atoms with Gasteiger partial charge in [-0.25, -0.2) is 0 Å². The van der Waals surface area contributed by atoms with Crippen molar-refractivity contribution in [1.82, 2.24) is 0 Å². The highest BCUT2D eigenvalue weighted by Crippen LogP contribution is 2.16. The van der Waals surface area contributed by atoms with E-state index in [1.165, 1.54) is 0 Å². The van der Waals surface area contributed by atoms with E-state index in [-0.39, 0.29) is 5.78 Å². The predicted molar refractivity (Wildman–Crippen MR) is 59.4 cm³/mol. The van der Waals surface area contributed by atoms with Crippen LogP contribution in [0.25, 0.3) is 0 Å². The van der Waals surface area contributed by atoms with Crippen LogP contribution in [0.1, 0.15) is 29.8 Å². The Balaban J connectivity index is 3.14. The fourth-order valence-electron chi connectivity index (χ4n) is 1.26. The number of ketones is 1. The Bertz CT molecular complexity index is 387. The summed E-state index contributed by atoms with van der Waals surface area (Å²) in [6.45, 7) is 5.67. The van der Waals surface area contributed by atoms with Crippen LogP contribution in [0.4, 0.5) is 5.69 Å². The van der Waals surface area contributed by atoms with Gasteiger partial charge in [-0.1, -0.05) is 17.7 Å². The molecule has 14 heavy (non-hydrogen) atoms. The summed E-state index contributed by atoms with van der Waals surface area (Å²) < 4.78 is 0. The molecule has 0 bridgehead atoms. The highest BCUT2D eigenvalue weighted by molar-refractivity contribution is 6.06. The van der Waals surface area contributed by atoms with Crippen molar-refractivity contribution >= 4 is 11.5 Å². The minimum absolute atomic E-state index is 0.0230. The molecule has 0 fully saturated rings. The molecule has 1 aromatic rings. The highest BCUT2D eigenvalue weighted by atomic mass is 16.1. The van der Waals surface area contributed by atoms with Crippen LogP contribution in [0, 0.1) is 6.92 Å². The van der Waals surface area contributed by atoms with E-state index < -0.39 is 0 Å². The maximum absolute atomic E-state index is 11.7. The molecule has 0 unspecified atom stereocenters. The van der Waals surface area contributed by atoms with Gasteiger partial charge in [0.1, 0.15) is 0 Å². The molecule has 0 atom stereocenters. The number of hydrogen-bond acceptors (Lipinski definition) is 2. The molecule has 74 valence electrons. The molecule has 0 aromatic heterocycles. The number of carbonyl (C=O) groups is 1. The van der Waals surface area contributed by atoms with Crippen molar-refractivity contribution in [3.63, 3.8) is 0 Å². The van der Waals surface area contributed by atoms with Gasteiger partial charge in [0.2, 0.25) is 0 Å². The van der Waals surface area contributed by atoms with Crippen LogP contribution in [0.2, 0.25) is 0 Å². The zero-order valence-electron chi connectivity index (χ0n) is 8.79.